The second-order valence-corrected chi connectivity index (χ2v) is 7.17. The van der Waals surface area contributed by atoms with Crippen molar-refractivity contribution in [1.82, 2.24) is 0 Å². The van der Waals surface area contributed by atoms with Gasteiger partial charge >= 0.3 is 5.97 Å². The van der Waals surface area contributed by atoms with Crippen LogP contribution in [0.4, 0.5) is 0 Å². The molecule has 0 spiro atoms. The number of hydrogen-bond donors (Lipinski definition) is 0. The highest BCUT2D eigenvalue weighted by Gasteiger charge is 2.18. The van der Waals surface area contributed by atoms with Gasteiger partial charge in [-0.15, -0.1) is 0 Å². The fourth-order valence-corrected chi connectivity index (χ4v) is 3.23. The zero-order valence-electron chi connectivity index (χ0n) is 12.3. The average Bonchev–Trinajstić information content (AvgIpc) is 2.25. The van der Waals surface area contributed by atoms with E-state index in [1.54, 1.807) is 0 Å². The Hall–Kier alpha value is -1.36. The molecule has 5 heteroatoms. The Bertz CT molecular complexity index is 541. The van der Waals surface area contributed by atoms with Crippen LogP contribution in [-0.2, 0) is 25.1 Å². The molecule has 1 aromatic carbocycles. The van der Waals surface area contributed by atoms with Crippen LogP contribution in [0.2, 0.25) is 0 Å². The van der Waals surface area contributed by atoms with Crippen LogP contribution in [0.25, 0.3) is 0 Å². The zero-order valence-corrected chi connectivity index (χ0v) is 13.1. The number of ether oxygens (including phenoxy) is 1. The van der Waals surface area contributed by atoms with Crippen LogP contribution in [0, 0.1) is 13.8 Å². The summed E-state index contributed by atoms with van der Waals surface area (Å²) in [5, 5.41) is 0. The second kappa shape index (κ2) is 7.43. The third kappa shape index (κ3) is 6.19. The number of rotatable bonds is 7. The molecule has 0 aliphatic carbocycles. The van der Waals surface area contributed by atoms with Gasteiger partial charge in [-0.3, -0.25) is 4.79 Å². The highest BCUT2D eigenvalue weighted by molar-refractivity contribution is 7.91. The highest BCUT2D eigenvalue weighted by Crippen LogP contribution is 2.12. The van der Waals surface area contributed by atoms with E-state index < -0.39 is 21.6 Å². The maximum Gasteiger partial charge on any atom is 0.321 e. The molecule has 4 nitrogen and oxygen atoms in total. The number of sulfone groups is 1. The average molecular weight is 298 g/mol. The van der Waals surface area contributed by atoms with E-state index in [4.69, 9.17) is 4.74 Å². The Labute approximate surface area is 121 Å². The summed E-state index contributed by atoms with van der Waals surface area (Å²) in [6, 6.07) is 5.63. The molecule has 0 heterocycles. The monoisotopic (exact) mass is 298 g/mol. The van der Waals surface area contributed by atoms with E-state index in [0.717, 1.165) is 24.0 Å². The summed E-state index contributed by atoms with van der Waals surface area (Å²) < 4.78 is 28.8. The largest absolute Gasteiger partial charge is 0.465 e. The molecule has 0 unspecified atom stereocenters. The van der Waals surface area contributed by atoms with Gasteiger partial charge in [0, 0.05) is 0 Å². The number of carbonyl (C=O) groups is 1. The van der Waals surface area contributed by atoms with E-state index in [0.29, 0.717) is 5.56 Å². The minimum atomic E-state index is -3.48. The van der Waals surface area contributed by atoms with E-state index in [9.17, 15) is 13.2 Å². The van der Waals surface area contributed by atoms with Crippen molar-refractivity contribution in [3.05, 3.63) is 34.9 Å². The van der Waals surface area contributed by atoms with Crippen LogP contribution in [0.15, 0.2) is 18.2 Å². The molecule has 0 N–H and O–H groups in total. The van der Waals surface area contributed by atoms with Crippen LogP contribution in [0.3, 0.4) is 0 Å². The summed E-state index contributed by atoms with van der Waals surface area (Å²) in [5.41, 5.74) is 2.74. The van der Waals surface area contributed by atoms with Gasteiger partial charge in [0.2, 0.25) is 0 Å². The smallest absolute Gasteiger partial charge is 0.321 e. The van der Waals surface area contributed by atoms with Crippen LogP contribution in [0.1, 0.15) is 36.5 Å². The minimum absolute atomic E-state index is 0.127. The summed E-state index contributed by atoms with van der Waals surface area (Å²) in [5.74, 6) is -1.34. The number of hydrogen-bond acceptors (Lipinski definition) is 4. The Kier molecular flexibility index (Phi) is 6.20. The van der Waals surface area contributed by atoms with Gasteiger partial charge in [0.05, 0.1) is 12.4 Å². The lowest BCUT2D eigenvalue weighted by Gasteiger charge is -2.07. The topological polar surface area (TPSA) is 60.4 Å². The molecule has 0 atom stereocenters. The first-order chi connectivity index (χ1) is 9.32. The summed E-state index contributed by atoms with van der Waals surface area (Å²) >= 11 is 0. The summed E-state index contributed by atoms with van der Waals surface area (Å²) in [7, 11) is -3.48. The van der Waals surface area contributed by atoms with Crippen molar-refractivity contribution in [2.45, 2.75) is 39.4 Å². The standard InChI is InChI=1S/C15H22O4S/c1-4-5-6-19-15(16)11-20(17,18)10-14-8-12(2)7-13(3)9-14/h7-9H,4-6,10-11H2,1-3H3. The number of benzene rings is 1. The Morgan fingerprint density at radius 3 is 2.30 bits per heavy atom. The summed E-state index contributed by atoms with van der Waals surface area (Å²) in [4.78, 5) is 11.5. The van der Waals surface area contributed by atoms with Gasteiger partial charge in [0.1, 0.15) is 5.75 Å². The molecule has 112 valence electrons. The zero-order chi connectivity index (χ0) is 15.2. The lowest BCUT2D eigenvalue weighted by molar-refractivity contribution is -0.140. The molecule has 0 saturated carbocycles. The van der Waals surface area contributed by atoms with Crippen LogP contribution >= 0.6 is 0 Å². The fraction of sp³-hybridized carbons (Fsp3) is 0.533. The molecule has 1 aromatic rings. The van der Waals surface area contributed by atoms with Gasteiger partial charge in [-0.1, -0.05) is 42.7 Å². The summed E-state index contributed by atoms with van der Waals surface area (Å²) in [6.45, 7) is 6.10. The van der Waals surface area contributed by atoms with Crippen LogP contribution in [0.5, 0.6) is 0 Å². The van der Waals surface area contributed by atoms with E-state index >= 15 is 0 Å². The molecular formula is C15H22O4S. The minimum Gasteiger partial charge on any atom is -0.465 e. The van der Waals surface area contributed by atoms with Gasteiger partial charge in [0.15, 0.2) is 9.84 Å². The Morgan fingerprint density at radius 2 is 1.75 bits per heavy atom. The molecule has 0 aliphatic rings. The molecule has 0 aromatic heterocycles. The predicted octanol–water partition coefficient (Wildman–Crippen LogP) is 2.56. The maximum absolute atomic E-state index is 12.0. The van der Waals surface area contributed by atoms with Gasteiger partial charge in [-0.25, -0.2) is 8.42 Å². The molecule has 0 bridgehead atoms. The normalized spacial score (nSPS) is 11.3. The van der Waals surface area contributed by atoms with Crippen LogP contribution < -0.4 is 0 Å². The number of esters is 1. The predicted molar refractivity (Wildman–Crippen MR) is 79.3 cm³/mol. The van der Waals surface area contributed by atoms with Crippen molar-refractivity contribution >= 4 is 15.8 Å². The van der Waals surface area contributed by atoms with Gasteiger partial charge in [0.25, 0.3) is 0 Å². The highest BCUT2D eigenvalue weighted by atomic mass is 32.2. The van der Waals surface area contributed by atoms with Gasteiger partial charge in [-0.2, -0.15) is 0 Å². The van der Waals surface area contributed by atoms with Crippen molar-refractivity contribution < 1.29 is 17.9 Å². The molecule has 0 aliphatic heterocycles. The molecule has 0 amide bonds. The molecular weight excluding hydrogens is 276 g/mol. The van der Waals surface area contributed by atoms with Crippen molar-refractivity contribution in [3.8, 4) is 0 Å². The van der Waals surface area contributed by atoms with Crippen molar-refractivity contribution in [2.24, 2.45) is 0 Å². The van der Waals surface area contributed by atoms with Crippen molar-refractivity contribution in [2.75, 3.05) is 12.4 Å². The molecule has 0 fully saturated rings. The lowest BCUT2D eigenvalue weighted by Crippen LogP contribution is -2.20. The van der Waals surface area contributed by atoms with Gasteiger partial charge in [-0.05, 0) is 25.8 Å². The molecule has 0 radical (unpaired) electrons. The number of carbonyl (C=O) groups excluding carboxylic acids is 1. The molecule has 20 heavy (non-hydrogen) atoms. The lowest BCUT2D eigenvalue weighted by atomic mass is 10.1. The van der Waals surface area contributed by atoms with Gasteiger partial charge < -0.3 is 4.74 Å². The van der Waals surface area contributed by atoms with E-state index in [-0.39, 0.29) is 12.4 Å². The fourth-order valence-electron chi connectivity index (χ4n) is 2.01. The molecule has 0 saturated heterocycles. The summed E-state index contributed by atoms with van der Waals surface area (Å²) in [6.07, 6.45) is 1.66. The Morgan fingerprint density at radius 1 is 1.15 bits per heavy atom. The van der Waals surface area contributed by atoms with E-state index in [1.807, 2.05) is 39.0 Å². The third-order valence-electron chi connectivity index (χ3n) is 2.77. The molecule has 1 rings (SSSR count). The second-order valence-electron chi connectivity index (χ2n) is 5.10. The van der Waals surface area contributed by atoms with E-state index in [1.165, 1.54) is 0 Å². The quantitative estimate of drug-likeness (QED) is 0.573. The first kappa shape index (κ1) is 16.7. The Balaban J connectivity index is 2.63. The first-order valence-corrected chi connectivity index (χ1v) is 8.58. The van der Waals surface area contributed by atoms with Crippen molar-refractivity contribution in [3.63, 3.8) is 0 Å². The first-order valence-electron chi connectivity index (χ1n) is 6.75. The number of unbranched alkanes of at least 4 members (excludes halogenated alkanes) is 1. The SMILES string of the molecule is CCCCOC(=O)CS(=O)(=O)Cc1cc(C)cc(C)c1. The third-order valence-corrected chi connectivity index (χ3v) is 4.22. The number of aryl methyl sites for hydroxylation is 2. The van der Waals surface area contributed by atoms with Crippen molar-refractivity contribution in [1.29, 1.82) is 0 Å². The maximum atomic E-state index is 12.0. The van der Waals surface area contributed by atoms with E-state index in [2.05, 4.69) is 0 Å². The van der Waals surface area contributed by atoms with Crippen LogP contribution in [-0.4, -0.2) is 26.7 Å².